The van der Waals surface area contributed by atoms with Gasteiger partial charge in [0.05, 0.1) is 28.7 Å². The van der Waals surface area contributed by atoms with Crippen LogP contribution >= 0.6 is 0 Å². The number of alkyl halides is 3. The van der Waals surface area contributed by atoms with Gasteiger partial charge in [0, 0.05) is 16.5 Å². The average molecular weight is 339 g/mol. The van der Waals surface area contributed by atoms with Gasteiger partial charge in [0.15, 0.2) is 0 Å². The number of fused-ring (bicyclic) bond motifs is 1. The third kappa shape index (κ3) is 2.87. The molecular weight excluding hydrogens is 327 g/mol. The molecule has 2 aromatic heterocycles. The van der Waals surface area contributed by atoms with E-state index < -0.39 is 11.7 Å². The topological polar surface area (TPSA) is 41.6 Å². The summed E-state index contributed by atoms with van der Waals surface area (Å²) < 4.78 is 38.9. The lowest BCUT2D eigenvalue weighted by Crippen LogP contribution is -2.04. The van der Waals surface area contributed by atoms with Gasteiger partial charge in [-0.1, -0.05) is 36.4 Å². The van der Waals surface area contributed by atoms with Crippen LogP contribution in [0.15, 0.2) is 66.9 Å². The van der Waals surface area contributed by atoms with Gasteiger partial charge in [0.1, 0.15) is 0 Å². The molecule has 0 spiro atoms. The standard InChI is InChI=1S/C19H12F3N3/c20-19(21,22)14-6-3-5-13(10-14)18-15(11-23-25-18)17-9-8-12-4-1-2-7-16(12)24-17/h1-11H,(H,23,25). The summed E-state index contributed by atoms with van der Waals surface area (Å²) in [6.45, 7) is 0. The first kappa shape index (κ1) is 15.4. The summed E-state index contributed by atoms with van der Waals surface area (Å²) in [5.74, 6) is 0. The van der Waals surface area contributed by atoms with Crippen molar-refractivity contribution in [2.24, 2.45) is 0 Å². The zero-order chi connectivity index (χ0) is 17.4. The molecule has 0 aliphatic rings. The second-order valence-electron chi connectivity index (χ2n) is 5.63. The summed E-state index contributed by atoms with van der Waals surface area (Å²) >= 11 is 0. The van der Waals surface area contributed by atoms with Crippen molar-refractivity contribution in [3.05, 3.63) is 72.4 Å². The molecule has 4 rings (SSSR count). The van der Waals surface area contributed by atoms with Crippen LogP contribution in [0.5, 0.6) is 0 Å². The zero-order valence-corrected chi connectivity index (χ0v) is 12.9. The van der Waals surface area contributed by atoms with E-state index in [4.69, 9.17) is 0 Å². The molecule has 0 aliphatic heterocycles. The number of aromatic amines is 1. The highest BCUT2D eigenvalue weighted by Crippen LogP contribution is 2.34. The van der Waals surface area contributed by atoms with Crippen molar-refractivity contribution in [2.45, 2.75) is 6.18 Å². The molecule has 3 nitrogen and oxygen atoms in total. The lowest BCUT2D eigenvalue weighted by atomic mass is 10.0. The molecule has 0 aliphatic carbocycles. The summed E-state index contributed by atoms with van der Waals surface area (Å²) in [5.41, 5.74) is 2.35. The first-order chi connectivity index (χ1) is 12.0. The number of para-hydroxylation sites is 1. The maximum absolute atomic E-state index is 13.0. The van der Waals surface area contributed by atoms with Gasteiger partial charge in [-0.3, -0.25) is 5.10 Å². The molecule has 124 valence electrons. The first-order valence-corrected chi connectivity index (χ1v) is 7.59. The molecule has 0 bridgehead atoms. The molecule has 0 saturated carbocycles. The predicted molar refractivity (Wildman–Crippen MR) is 89.8 cm³/mol. The molecule has 2 aromatic carbocycles. The quantitative estimate of drug-likeness (QED) is 0.538. The van der Waals surface area contributed by atoms with Crippen molar-refractivity contribution in [1.82, 2.24) is 15.2 Å². The highest BCUT2D eigenvalue weighted by molar-refractivity contribution is 5.85. The average Bonchev–Trinajstić information content (AvgIpc) is 3.10. The number of hydrogen-bond donors (Lipinski definition) is 1. The predicted octanol–water partition coefficient (Wildman–Crippen LogP) is 5.31. The van der Waals surface area contributed by atoms with E-state index in [0.29, 0.717) is 22.5 Å². The molecular formula is C19H12F3N3. The Kier molecular flexibility index (Phi) is 3.53. The van der Waals surface area contributed by atoms with Crippen LogP contribution < -0.4 is 0 Å². The Balaban J connectivity index is 1.83. The second kappa shape index (κ2) is 5.73. The third-order valence-electron chi connectivity index (χ3n) is 3.99. The van der Waals surface area contributed by atoms with Crippen LogP contribution in [0.2, 0.25) is 0 Å². The number of hydrogen-bond acceptors (Lipinski definition) is 2. The molecule has 25 heavy (non-hydrogen) atoms. The summed E-state index contributed by atoms with van der Waals surface area (Å²) in [6.07, 6.45) is -2.82. The summed E-state index contributed by atoms with van der Waals surface area (Å²) in [4.78, 5) is 4.59. The fourth-order valence-corrected chi connectivity index (χ4v) is 2.77. The number of H-pyrrole nitrogens is 1. The molecule has 4 aromatic rings. The second-order valence-corrected chi connectivity index (χ2v) is 5.63. The van der Waals surface area contributed by atoms with Crippen molar-refractivity contribution >= 4 is 10.9 Å². The largest absolute Gasteiger partial charge is 0.416 e. The van der Waals surface area contributed by atoms with E-state index in [9.17, 15) is 13.2 Å². The van der Waals surface area contributed by atoms with Gasteiger partial charge >= 0.3 is 6.18 Å². The van der Waals surface area contributed by atoms with E-state index in [0.717, 1.165) is 23.0 Å². The number of benzene rings is 2. The Hall–Kier alpha value is -3.15. The number of halogens is 3. The molecule has 0 atom stereocenters. The van der Waals surface area contributed by atoms with E-state index in [-0.39, 0.29) is 0 Å². The zero-order valence-electron chi connectivity index (χ0n) is 12.9. The monoisotopic (exact) mass is 339 g/mol. The Morgan fingerprint density at radius 1 is 0.880 bits per heavy atom. The summed E-state index contributed by atoms with van der Waals surface area (Å²) in [6, 6.07) is 16.6. The number of pyridine rings is 1. The van der Waals surface area contributed by atoms with Crippen LogP contribution in [0.25, 0.3) is 33.4 Å². The molecule has 2 heterocycles. The van der Waals surface area contributed by atoms with Crippen molar-refractivity contribution in [3.8, 4) is 22.5 Å². The van der Waals surface area contributed by atoms with Gasteiger partial charge in [0.25, 0.3) is 0 Å². The molecule has 1 N–H and O–H groups in total. The SMILES string of the molecule is FC(F)(F)c1cccc(-c2[nH]ncc2-c2ccc3ccccc3n2)c1. The smallest absolute Gasteiger partial charge is 0.277 e. The maximum atomic E-state index is 13.0. The fourth-order valence-electron chi connectivity index (χ4n) is 2.77. The number of aromatic nitrogens is 3. The summed E-state index contributed by atoms with van der Waals surface area (Å²) in [7, 11) is 0. The van der Waals surface area contributed by atoms with Crippen molar-refractivity contribution < 1.29 is 13.2 Å². The van der Waals surface area contributed by atoms with Crippen LogP contribution in [-0.2, 0) is 6.18 Å². The van der Waals surface area contributed by atoms with Crippen molar-refractivity contribution in [1.29, 1.82) is 0 Å². The first-order valence-electron chi connectivity index (χ1n) is 7.59. The minimum atomic E-state index is -4.39. The van der Waals surface area contributed by atoms with Crippen LogP contribution in [-0.4, -0.2) is 15.2 Å². The Morgan fingerprint density at radius 3 is 2.56 bits per heavy atom. The van der Waals surface area contributed by atoms with Crippen LogP contribution in [0.1, 0.15) is 5.56 Å². The minimum Gasteiger partial charge on any atom is -0.277 e. The normalized spacial score (nSPS) is 11.8. The van der Waals surface area contributed by atoms with Gasteiger partial charge in [0.2, 0.25) is 0 Å². The van der Waals surface area contributed by atoms with E-state index in [1.165, 1.54) is 6.07 Å². The van der Waals surface area contributed by atoms with E-state index in [1.54, 1.807) is 12.3 Å². The van der Waals surface area contributed by atoms with Crippen LogP contribution in [0.4, 0.5) is 13.2 Å². The molecule has 0 fully saturated rings. The van der Waals surface area contributed by atoms with Crippen LogP contribution in [0.3, 0.4) is 0 Å². The van der Waals surface area contributed by atoms with Gasteiger partial charge in [-0.15, -0.1) is 0 Å². The van der Waals surface area contributed by atoms with E-state index in [1.807, 2.05) is 36.4 Å². The molecule has 0 radical (unpaired) electrons. The Morgan fingerprint density at radius 2 is 1.72 bits per heavy atom. The maximum Gasteiger partial charge on any atom is 0.416 e. The summed E-state index contributed by atoms with van der Waals surface area (Å²) in [5, 5.41) is 7.79. The van der Waals surface area contributed by atoms with Gasteiger partial charge < -0.3 is 0 Å². The van der Waals surface area contributed by atoms with Gasteiger partial charge in [-0.2, -0.15) is 18.3 Å². The Bertz CT molecular complexity index is 1050. The molecule has 0 amide bonds. The number of nitrogens with zero attached hydrogens (tertiary/aromatic N) is 2. The molecule has 0 unspecified atom stereocenters. The molecule has 0 saturated heterocycles. The van der Waals surface area contributed by atoms with E-state index >= 15 is 0 Å². The van der Waals surface area contributed by atoms with Crippen molar-refractivity contribution in [3.63, 3.8) is 0 Å². The lowest BCUT2D eigenvalue weighted by molar-refractivity contribution is -0.137. The van der Waals surface area contributed by atoms with Crippen molar-refractivity contribution in [2.75, 3.05) is 0 Å². The lowest BCUT2D eigenvalue weighted by Gasteiger charge is -2.09. The van der Waals surface area contributed by atoms with Gasteiger partial charge in [-0.25, -0.2) is 4.98 Å². The highest BCUT2D eigenvalue weighted by Gasteiger charge is 2.30. The van der Waals surface area contributed by atoms with Gasteiger partial charge in [-0.05, 0) is 24.3 Å². The third-order valence-corrected chi connectivity index (χ3v) is 3.99. The highest BCUT2D eigenvalue weighted by atomic mass is 19.4. The molecule has 6 heteroatoms. The van der Waals surface area contributed by atoms with E-state index in [2.05, 4.69) is 15.2 Å². The van der Waals surface area contributed by atoms with Crippen LogP contribution in [0, 0.1) is 0 Å². The number of nitrogens with one attached hydrogen (secondary N) is 1. The fraction of sp³-hybridized carbons (Fsp3) is 0.0526. The minimum absolute atomic E-state index is 0.414. The number of rotatable bonds is 2. The Labute approximate surface area is 141 Å².